The molecule has 0 radical (unpaired) electrons. The van der Waals surface area contributed by atoms with Crippen molar-refractivity contribution in [2.75, 3.05) is 56.0 Å². The Hall–Kier alpha value is -7.47. The summed E-state index contributed by atoms with van der Waals surface area (Å²) in [7, 11) is 0. The Morgan fingerprint density at radius 1 is 0.922 bits per heavy atom. The second-order valence-electron chi connectivity index (χ2n) is 19.4. The van der Waals surface area contributed by atoms with Crippen molar-refractivity contribution >= 4 is 63.7 Å². The summed E-state index contributed by atoms with van der Waals surface area (Å²) >= 11 is 7.12. The van der Waals surface area contributed by atoms with Gasteiger partial charge in [-0.15, -0.1) is 11.3 Å². The summed E-state index contributed by atoms with van der Waals surface area (Å²) in [6.45, 7) is 10.4. The number of alkyl halides is 3. The number of thiocarbonyl (C=S) groups is 1. The van der Waals surface area contributed by atoms with E-state index in [2.05, 4.69) is 16.4 Å². The molecule has 402 valence electrons. The highest BCUT2D eigenvalue weighted by Gasteiger charge is 2.51. The molecule has 2 saturated heterocycles. The lowest BCUT2D eigenvalue weighted by molar-refractivity contribution is -0.143. The normalized spacial score (nSPS) is 17.4. The van der Waals surface area contributed by atoms with Gasteiger partial charge >= 0.3 is 6.18 Å². The molecule has 3 aliphatic rings. The zero-order valence-electron chi connectivity index (χ0n) is 42.8. The number of benzene rings is 4. The molecule has 17 nitrogen and oxygen atoms in total. The van der Waals surface area contributed by atoms with Gasteiger partial charge < -0.3 is 44.1 Å². The van der Waals surface area contributed by atoms with E-state index < -0.39 is 64.7 Å². The standard InChI is InChI=1S/C55H55F3N8O9S2/c1-32(2)47(64-29-38-8-6-7-36(27-60)46(38)50(64)69)51(70)63-30-41(67)25-44(63)49(68)61-28-37-10-9-34(48-33(3)62-31-77-48)23-45(37)75-22-20-73-18-17-72-19-21-74-42-15-13-39(14-16-42)66-53(76)65(52(71)54(66,4)5)40-12-11-35(26-59)43(24-40)55(56,57)58/h6-16,23-24,31-32,41,44,47,67H,17-22,25,28-30H2,1-5H3,(H,61,68)/p+1/t41-,44+,47+/m1/s1. The minimum atomic E-state index is -4.82. The number of carbonyl (C=O) groups is 4. The summed E-state index contributed by atoms with van der Waals surface area (Å²) in [5.74, 6) is -1.11. The third-order valence-electron chi connectivity index (χ3n) is 13.5. The Kier molecular flexibility index (Phi) is 17.0. The van der Waals surface area contributed by atoms with Crippen LogP contribution in [0.4, 0.5) is 24.5 Å². The first kappa shape index (κ1) is 55.8. The summed E-state index contributed by atoms with van der Waals surface area (Å²) < 4.78 is 64.9. The number of halogens is 3. The highest BCUT2D eigenvalue weighted by atomic mass is 32.1. The number of hydrogen-bond donors (Lipinski definition) is 1. The molecular weight excluding hydrogens is 1040 g/mol. The topological polar surface area (TPSA) is 214 Å². The third-order valence-corrected chi connectivity index (χ3v) is 14.9. The predicted molar refractivity (Wildman–Crippen MR) is 283 cm³/mol. The number of aryl methyl sites for hydroxylation is 1. The Labute approximate surface area is 452 Å². The third kappa shape index (κ3) is 11.8. The molecule has 0 bridgehead atoms. The highest BCUT2D eigenvalue weighted by molar-refractivity contribution is 7.81. The van der Waals surface area contributed by atoms with Crippen molar-refractivity contribution in [1.82, 2.24) is 20.1 Å². The van der Waals surface area contributed by atoms with Crippen LogP contribution in [0, 0.1) is 35.5 Å². The molecule has 4 aromatic carbocycles. The van der Waals surface area contributed by atoms with Gasteiger partial charge in [-0.2, -0.15) is 23.7 Å². The number of carbonyl (C=O) groups excluding carboxylic acids is 4. The Morgan fingerprint density at radius 3 is 2.25 bits per heavy atom. The zero-order valence-corrected chi connectivity index (χ0v) is 44.4. The summed E-state index contributed by atoms with van der Waals surface area (Å²) in [4.78, 5) is 66.5. The van der Waals surface area contributed by atoms with E-state index in [0.717, 1.165) is 33.2 Å². The van der Waals surface area contributed by atoms with Crippen molar-refractivity contribution in [2.45, 2.75) is 84.0 Å². The van der Waals surface area contributed by atoms with E-state index in [4.69, 9.17) is 36.3 Å². The van der Waals surface area contributed by atoms with E-state index in [-0.39, 0.29) is 93.5 Å². The van der Waals surface area contributed by atoms with Gasteiger partial charge in [-0.25, -0.2) is 4.98 Å². The van der Waals surface area contributed by atoms with Crippen LogP contribution in [0.25, 0.3) is 10.4 Å². The van der Waals surface area contributed by atoms with Gasteiger partial charge in [0.05, 0.1) is 95.6 Å². The molecule has 0 spiro atoms. The zero-order chi connectivity index (χ0) is 55.3. The number of aromatic nitrogens is 1. The van der Waals surface area contributed by atoms with Crippen molar-refractivity contribution < 1.29 is 56.4 Å². The van der Waals surface area contributed by atoms with Crippen molar-refractivity contribution in [1.29, 1.82) is 10.5 Å². The van der Waals surface area contributed by atoms with Crippen LogP contribution >= 0.6 is 23.6 Å². The molecule has 77 heavy (non-hydrogen) atoms. The minimum Gasteiger partial charge on any atom is -0.491 e. The van der Waals surface area contributed by atoms with Gasteiger partial charge in [-0.05, 0) is 105 Å². The van der Waals surface area contributed by atoms with Crippen LogP contribution in [-0.4, -0.2) is 119 Å². The number of ether oxygens (including phenoxy) is 4. The monoisotopic (exact) mass is 1090 g/mol. The number of fused-ring (bicyclic) bond motifs is 1. The van der Waals surface area contributed by atoms with E-state index in [9.17, 15) is 42.9 Å². The van der Waals surface area contributed by atoms with E-state index in [1.54, 1.807) is 72.8 Å². The average Bonchev–Trinajstić information content (AvgIpc) is 4.33. The van der Waals surface area contributed by atoms with E-state index in [1.165, 1.54) is 27.2 Å². The molecule has 5 aromatic rings. The molecular formula is C55H56F3N8O9S2+. The maximum atomic E-state index is 14.4. The fourth-order valence-corrected chi connectivity index (χ4v) is 11.1. The Bertz CT molecular complexity index is 3160. The molecule has 0 unspecified atom stereocenters. The van der Waals surface area contributed by atoms with Gasteiger partial charge in [0.1, 0.15) is 42.3 Å². The van der Waals surface area contributed by atoms with Gasteiger partial charge in [-0.1, -0.05) is 38.1 Å². The van der Waals surface area contributed by atoms with Crippen LogP contribution in [0.3, 0.4) is 0 Å². The van der Waals surface area contributed by atoms with E-state index in [1.807, 2.05) is 39.0 Å². The second kappa shape index (κ2) is 23.4. The molecule has 22 heteroatoms. The molecule has 4 amide bonds. The Morgan fingerprint density at radius 2 is 1.60 bits per heavy atom. The molecule has 3 atom stereocenters. The number of anilines is 2. The van der Waals surface area contributed by atoms with Crippen LogP contribution in [-0.2, 0) is 43.1 Å². The number of rotatable bonds is 20. The molecule has 3 aliphatic heterocycles. The smallest absolute Gasteiger partial charge is 0.417 e. The lowest BCUT2D eigenvalue weighted by Gasteiger charge is -2.34. The number of amides is 4. The van der Waals surface area contributed by atoms with Crippen molar-refractivity contribution in [3.8, 4) is 34.1 Å². The number of thiazole rings is 1. The number of nitrogens with zero attached hydrogens (tertiary/aromatic N) is 7. The number of nitrogens with one attached hydrogen (secondary N) is 1. The predicted octanol–water partition coefficient (Wildman–Crippen LogP) is 7.28. The molecule has 0 aliphatic carbocycles. The summed E-state index contributed by atoms with van der Waals surface area (Å²) in [6, 6.07) is 22.3. The van der Waals surface area contributed by atoms with Crippen LogP contribution < -0.4 is 24.6 Å². The molecule has 8 rings (SSSR count). The first-order chi connectivity index (χ1) is 36.7. The Balaban J connectivity index is 0.803. The largest absolute Gasteiger partial charge is 0.491 e. The lowest BCUT2D eigenvalue weighted by atomic mass is 10.00. The van der Waals surface area contributed by atoms with Crippen molar-refractivity contribution in [3.63, 3.8) is 0 Å². The number of nitriles is 2. The average molecular weight is 1090 g/mol. The fraction of sp³-hybridized carbons (Fsp3) is 0.382. The minimum absolute atomic E-state index is 0.0240. The van der Waals surface area contributed by atoms with Crippen LogP contribution in [0.5, 0.6) is 11.5 Å². The van der Waals surface area contributed by atoms with Crippen LogP contribution in [0.2, 0.25) is 0 Å². The maximum absolute atomic E-state index is 14.4. The van der Waals surface area contributed by atoms with Crippen molar-refractivity contribution in [2.24, 2.45) is 5.92 Å². The number of hydrogen-bond acceptors (Lipinski definition) is 13. The van der Waals surface area contributed by atoms with Gasteiger partial charge in [-0.3, -0.25) is 24.1 Å². The molecule has 3 N–H and O–H groups in total. The van der Waals surface area contributed by atoms with Gasteiger partial charge in [0.15, 0.2) is 11.2 Å². The molecule has 0 saturated carbocycles. The summed E-state index contributed by atoms with van der Waals surface area (Å²) in [6.07, 6.45) is -5.40. The van der Waals surface area contributed by atoms with E-state index in [0.29, 0.717) is 28.3 Å². The highest BCUT2D eigenvalue weighted by Crippen LogP contribution is 2.41. The van der Waals surface area contributed by atoms with Gasteiger partial charge in [0.2, 0.25) is 11.8 Å². The van der Waals surface area contributed by atoms with Crippen molar-refractivity contribution in [3.05, 3.63) is 123 Å². The fourth-order valence-electron chi connectivity index (χ4n) is 9.73. The van der Waals surface area contributed by atoms with Crippen LogP contribution in [0.15, 0.2) is 84.4 Å². The number of likely N-dealkylation sites (tertiary alicyclic amines) is 1. The van der Waals surface area contributed by atoms with Gasteiger partial charge in [0, 0.05) is 24.3 Å². The first-order valence-electron chi connectivity index (χ1n) is 24.7. The maximum Gasteiger partial charge on any atom is 0.417 e. The summed E-state index contributed by atoms with van der Waals surface area (Å²) in [5.41, 5.74) is 2.79. The van der Waals surface area contributed by atoms with E-state index >= 15 is 0 Å². The lowest BCUT2D eigenvalue weighted by Crippen LogP contribution is -2.55. The SMILES string of the molecule is Cc1ncsc1-c1ccc(CNC(=O)[C@@H]2C[C@@H]([OH2+])CN2C(=O)[C@H](C(C)C)N2Cc3cccc(C#N)c3C2=O)c(OCCOCCOCCOc2ccc(N3C(=S)N(c4ccc(C#N)c(C(F)(F)F)c4)C(=O)C3(C)C)cc2)c1. The van der Waals surface area contributed by atoms with Crippen LogP contribution in [0.1, 0.15) is 78.0 Å². The van der Waals surface area contributed by atoms with Gasteiger partial charge in [0.25, 0.3) is 11.8 Å². The second-order valence-corrected chi connectivity index (χ2v) is 20.6. The molecule has 1 aromatic heterocycles. The molecule has 4 heterocycles. The first-order valence-corrected chi connectivity index (χ1v) is 26.0. The summed E-state index contributed by atoms with van der Waals surface area (Å²) in [5, 5.41) is 30.4. The molecule has 2 fully saturated rings. The quantitative estimate of drug-likeness (QED) is 0.0462.